The lowest BCUT2D eigenvalue weighted by molar-refractivity contribution is 0.0694. The molecule has 0 saturated carbocycles. The molecule has 7 heteroatoms. The van der Waals surface area contributed by atoms with E-state index < -0.39 is 5.97 Å². The van der Waals surface area contributed by atoms with Crippen LogP contribution in [0.5, 0.6) is 5.75 Å². The molecule has 2 heterocycles. The maximum atomic E-state index is 13.1. The molecule has 5 rings (SSSR count). The van der Waals surface area contributed by atoms with Gasteiger partial charge in [-0.15, -0.1) is 0 Å². The van der Waals surface area contributed by atoms with Crippen LogP contribution in [0.3, 0.4) is 0 Å². The molecular weight excluding hydrogens is 473 g/mol. The number of furan rings is 1. The largest absolute Gasteiger partial charge is 0.493 e. The number of nitrogens with zero attached hydrogens (tertiary/aromatic N) is 1. The zero-order chi connectivity index (χ0) is 23.7. The number of esters is 1. The summed E-state index contributed by atoms with van der Waals surface area (Å²) in [5.74, 6) is 0.289. The van der Waals surface area contributed by atoms with Crippen molar-refractivity contribution in [2.45, 2.75) is 0 Å². The molecule has 0 saturated heterocycles. The Morgan fingerprint density at radius 2 is 1.65 bits per heavy atom. The lowest BCUT2D eigenvalue weighted by Crippen LogP contribution is -2.05. The van der Waals surface area contributed by atoms with E-state index in [1.807, 2.05) is 36.4 Å². The van der Waals surface area contributed by atoms with Crippen molar-refractivity contribution in [3.63, 3.8) is 0 Å². The van der Waals surface area contributed by atoms with Gasteiger partial charge in [-0.1, -0.05) is 59.6 Å². The summed E-state index contributed by atoms with van der Waals surface area (Å²) in [7, 11) is 1.57. The van der Waals surface area contributed by atoms with E-state index in [2.05, 4.69) is 4.98 Å². The standard InChI is InChI=1S/C27H17Cl2NO4/c1-32-23-12-11-18(25-17-9-5-6-10-22(17)33-26(23)25)24(13-19-20(28)14-30-15-21(19)29)34-27(31)16-7-3-2-4-8-16/h2-15H,1H3/b24-13+. The van der Waals surface area contributed by atoms with Crippen molar-refractivity contribution in [1.82, 2.24) is 4.98 Å². The zero-order valence-electron chi connectivity index (χ0n) is 17.9. The van der Waals surface area contributed by atoms with Gasteiger partial charge in [0, 0.05) is 34.3 Å². The summed E-state index contributed by atoms with van der Waals surface area (Å²) < 4.78 is 17.6. The number of halogens is 2. The highest BCUT2D eigenvalue weighted by Crippen LogP contribution is 2.41. The molecule has 0 amide bonds. The third kappa shape index (κ3) is 4.00. The molecule has 168 valence electrons. The highest BCUT2D eigenvalue weighted by atomic mass is 35.5. The molecule has 0 aliphatic heterocycles. The highest BCUT2D eigenvalue weighted by Gasteiger charge is 2.21. The second-order valence-electron chi connectivity index (χ2n) is 7.40. The third-order valence-electron chi connectivity index (χ3n) is 5.35. The smallest absolute Gasteiger partial charge is 0.343 e. The Bertz CT molecular complexity index is 1540. The molecule has 0 aliphatic rings. The van der Waals surface area contributed by atoms with Gasteiger partial charge in [-0.2, -0.15) is 0 Å². The molecule has 0 radical (unpaired) electrons. The Labute approximate surface area is 205 Å². The van der Waals surface area contributed by atoms with Crippen LogP contribution >= 0.6 is 23.2 Å². The van der Waals surface area contributed by atoms with Crippen LogP contribution in [-0.2, 0) is 4.74 Å². The Balaban J connectivity index is 1.77. The summed E-state index contributed by atoms with van der Waals surface area (Å²) >= 11 is 12.8. The quantitative estimate of drug-likeness (QED) is 0.187. The number of ether oxygens (including phenoxy) is 2. The monoisotopic (exact) mass is 489 g/mol. The van der Waals surface area contributed by atoms with E-state index in [9.17, 15) is 4.79 Å². The van der Waals surface area contributed by atoms with Gasteiger partial charge in [0.1, 0.15) is 11.3 Å². The number of carbonyl (C=O) groups excluding carboxylic acids is 1. The minimum Gasteiger partial charge on any atom is -0.493 e. The molecule has 3 aromatic carbocycles. The molecule has 0 bridgehead atoms. The number of aromatic nitrogens is 1. The normalized spacial score (nSPS) is 11.7. The molecule has 5 nitrogen and oxygen atoms in total. The van der Waals surface area contributed by atoms with Crippen LogP contribution < -0.4 is 4.74 Å². The summed E-state index contributed by atoms with van der Waals surface area (Å²) in [5, 5.41) is 2.23. The van der Waals surface area contributed by atoms with E-state index in [0.717, 1.165) is 10.8 Å². The van der Waals surface area contributed by atoms with E-state index in [4.69, 9.17) is 37.1 Å². The Hall–Kier alpha value is -3.80. The first-order valence-corrected chi connectivity index (χ1v) is 11.1. The molecule has 0 unspecified atom stereocenters. The Morgan fingerprint density at radius 3 is 2.38 bits per heavy atom. The lowest BCUT2D eigenvalue weighted by Gasteiger charge is -2.13. The van der Waals surface area contributed by atoms with Gasteiger partial charge in [0.2, 0.25) is 0 Å². The number of hydrogen-bond donors (Lipinski definition) is 0. The number of pyridine rings is 1. The van der Waals surface area contributed by atoms with E-state index >= 15 is 0 Å². The average Bonchev–Trinajstić information content (AvgIpc) is 3.25. The topological polar surface area (TPSA) is 61.6 Å². The van der Waals surface area contributed by atoms with Crippen molar-refractivity contribution >= 4 is 62.9 Å². The fourth-order valence-corrected chi connectivity index (χ4v) is 4.23. The van der Waals surface area contributed by atoms with Gasteiger partial charge in [0.25, 0.3) is 0 Å². The van der Waals surface area contributed by atoms with Gasteiger partial charge in [0.15, 0.2) is 11.3 Å². The molecule has 0 atom stereocenters. The minimum atomic E-state index is -0.523. The molecule has 34 heavy (non-hydrogen) atoms. The van der Waals surface area contributed by atoms with Crippen molar-refractivity contribution in [2.24, 2.45) is 0 Å². The average molecular weight is 490 g/mol. The number of rotatable bonds is 5. The molecule has 0 spiro atoms. The predicted molar refractivity (Wildman–Crippen MR) is 134 cm³/mol. The Kier molecular flexibility index (Phi) is 5.97. The first kappa shape index (κ1) is 22.0. The summed E-state index contributed by atoms with van der Waals surface area (Å²) in [6, 6.07) is 19.9. The van der Waals surface area contributed by atoms with Crippen LogP contribution in [0.25, 0.3) is 33.8 Å². The molecular formula is C27H17Cl2NO4. The summed E-state index contributed by atoms with van der Waals surface area (Å²) in [6.07, 6.45) is 4.59. The third-order valence-corrected chi connectivity index (χ3v) is 5.96. The number of hydrogen-bond acceptors (Lipinski definition) is 5. The van der Waals surface area contributed by atoms with E-state index in [0.29, 0.717) is 43.7 Å². The second-order valence-corrected chi connectivity index (χ2v) is 8.21. The number of benzene rings is 3. The second kappa shape index (κ2) is 9.21. The Morgan fingerprint density at radius 1 is 0.941 bits per heavy atom. The zero-order valence-corrected chi connectivity index (χ0v) is 19.4. The van der Waals surface area contributed by atoms with Gasteiger partial charge in [-0.3, -0.25) is 4.98 Å². The van der Waals surface area contributed by atoms with Crippen LogP contribution in [0.2, 0.25) is 10.0 Å². The number of fused-ring (bicyclic) bond motifs is 3. The maximum Gasteiger partial charge on any atom is 0.343 e. The number of para-hydroxylation sites is 1. The van der Waals surface area contributed by atoms with Gasteiger partial charge in [-0.05, 0) is 36.4 Å². The van der Waals surface area contributed by atoms with E-state index in [1.165, 1.54) is 12.4 Å². The highest BCUT2D eigenvalue weighted by molar-refractivity contribution is 6.37. The van der Waals surface area contributed by atoms with Crippen LogP contribution in [0.15, 0.2) is 83.5 Å². The first-order chi connectivity index (χ1) is 16.6. The minimum absolute atomic E-state index is 0.253. The van der Waals surface area contributed by atoms with Crippen molar-refractivity contribution in [3.05, 3.63) is 106 Å². The summed E-state index contributed by atoms with van der Waals surface area (Å²) in [5.41, 5.74) is 2.72. The number of methoxy groups -OCH3 is 1. The summed E-state index contributed by atoms with van der Waals surface area (Å²) in [6.45, 7) is 0. The van der Waals surface area contributed by atoms with Gasteiger partial charge < -0.3 is 13.9 Å². The van der Waals surface area contributed by atoms with Crippen LogP contribution in [0.1, 0.15) is 21.5 Å². The first-order valence-electron chi connectivity index (χ1n) is 10.3. The molecule has 2 aromatic heterocycles. The van der Waals surface area contributed by atoms with E-state index in [-0.39, 0.29) is 5.76 Å². The van der Waals surface area contributed by atoms with Crippen molar-refractivity contribution in [1.29, 1.82) is 0 Å². The van der Waals surface area contributed by atoms with Gasteiger partial charge in [0.05, 0.1) is 22.7 Å². The lowest BCUT2D eigenvalue weighted by atomic mass is 10.0. The predicted octanol–water partition coefficient (Wildman–Crippen LogP) is 7.65. The van der Waals surface area contributed by atoms with Crippen molar-refractivity contribution in [3.8, 4) is 5.75 Å². The van der Waals surface area contributed by atoms with Gasteiger partial charge in [-0.25, -0.2) is 4.79 Å². The fraction of sp³-hybridized carbons (Fsp3) is 0.0370. The molecule has 0 N–H and O–H groups in total. The molecule has 0 aliphatic carbocycles. The van der Waals surface area contributed by atoms with Crippen LogP contribution in [0.4, 0.5) is 0 Å². The summed E-state index contributed by atoms with van der Waals surface area (Å²) in [4.78, 5) is 17.1. The van der Waals surface area contributed by atoms with Crippen molar-refractivity contribution in [2.75, 3.05) is 7.11 Å². The van der Waals surface area contributed by atoms with Crippen molar-refractivity contribution < 1.29 is 18.7 Å². The molecule has 0 fully saturated rings. The maximum absolute atomic E-state index is 13.1. The number of carbonyl (C=O) groups is 1. The van der Waals surface area contributed by atoms with E-state index in [1.54, 1.807) is 43.5 Å². The molecule has 5 aromatic rings. The fourth-order valence-electron chi connectivity index (χ4n) is 3.76. The SMILES string of the molecule is COc1ccc(/C(=C\c2c(Cl)cncc2Cl)OC(=O)c2ccccc2)c2c1oc1ccccc12. The van der Waals surface area contributed by atoms with Gasteiger partial charge >= 0.3 is 5.97 Å². The van der Waals surface area contributed by atoms with Crippen LogP contribution in [-0.4, -0.2) is 18.1 Å². The van der Waals surface area contributed by atoms with Crippen LogP contribution in [0, 0.1) is 0 Å².